The first-order valence-corrected chi connectivity index (χ1v) is 10.2. The van der Waals surface area contributed by atoms with E-state index < -0.39 is 0 Å². The van der Waals surface area contributed by atoms with Gasteiger partial charge in [-0.1, -0.05) is 43.2 Å². The van der Waals surface area contributed by atoms with Crippen LogP contribution in [0.1, 0.15) is 57.1 Å². The number of carbonyl (C=O) groups is 2. The van der Waals surface area contributed by atoms with Crippen LogP contribution in [0.5, 0.6) is 0 Å². The summed E-state index contributed by atoms with van der Waals surface area (Å²) in [6, 6.07) is 10.3. The maximum atomic E-state index is 12.6. The third-order valence-corrected chi connectivity index (χ3v) is 5.67. The lowest BCUT2D eigenvalue weighted by atomic mass is 9.92. The van der Waals surface area contributed by atoms with Crippen LogP contribution >= 0.6 is 0 Å². The van der Waals surface area contributed by atoms with Crippen LogP contribution in [0.25, 0.3) is 0 Å². The van der Waals surface area contributed by atoms with Gasteiger partial charge in [-0.3, -0.25) is 0 Å². The Morgan fingerprint density at radius 2 is 1.78 bits per heavy atom. The van der Waals surface area contributed by atoms with Gasteiger partial charge in [-0.25, -0.2) is 9.59 Å². The number of rotatable bonds is 5. The van der Waals surface area contributed by atoms with Crippen molar-refractivity contribution in [2.24, 2.45) is 5.92 Å². The Kier molecular flexibility index (Phi) is 6.96. The van der Waals surface area contributed by atoms with Crippen molar-refractivity contribution in [3.63, 3.8) is 0 Å². The van der Waals surface area contributed by atoms with E-state index >= 15 is 0 Å². The van der Waals surface area contributed by atoms with Crippen LogP contribution in [0.2, 0.25) is 0 Å². The van der Waals surface area contributed by atoms with Gasteiger partial charge >= 0.3 is 12.1 Å². The zero-order valence-electron chi connectivity index (χ0n) is 16.2. The number of urea groups is 1. The van der Waals surface area contributed by atoms with E-state index in [1.807, 2.05) is 25.1 Å². The number of amides is 3. The molecule has 1 saturated heterocycles. The first-order chi connectivity index (χ1) is 13.2. The molecule has 0 aromatic heterocycles. The average Bonchev–Trinajstić information content (AvgIpc) is 3.22. The summed E-state index contributed by atoms with van der Waals surface area (Å²) < 4.78 is 5.04. The number of piperidine rings is 1. The zero-order chi connectivity index (χ0) is 19.1. The molecule has 0 radical (unpaired) electrons. The minimum atomic E-state index is -0.259. The fraction of sp³-hybridized carbons (Fsp3) is 0.619. The largest absolute Gasteiger partial charge is 0.450 e. The third-order valence-electron chi connectivity index (χ3n) is 5.67. The Hall–Kier alpha value is -2.24. The fourth-order valence-electron chi connectivity index (χ4n) is 4.21. The van der Waals surface area contributed by atoms with E-state index in [9.17, 15) is 9.59 Å². The molecule has 1 unspecified atom stereocenters. The maximum Gasteiger partial charge on any atom is 0.409 e. The van der Waals surface area contributed by atoms with Gasteiger partial charge in [0.2, 0.25) is 0 Å². The number of carbonyl (C=O) groups excluding carboxylic acids is 2. The van der Waals surface area contributed by atoms with E-state index in [0.29, 0.717) is 25.6 Å². The highest BCUT2D eigenvalue weighted by atomic mass is 16.6. The summed E-state index contributed by atoms with van der Waals surface area (Å²) in [5.41, 5.74) is 1.18. The number of nitrogens with zero attached hydrogens (tertiary/aromatic N) is 1. The molecule has 1 heterocycles. The van der Waals surface area contributed by atoms with Crippen molar-refractivity contribution < 1.29 is 14.3 Å². The quantitative estimate of drug-likeness (QED) is 0.824. The zero-order valence-corrected chi connectivity index (χ0v) is 16.2. The third kappa shape index (κ3) is 5.37. The lowest BCUT2D eigenvalue weighted by Gasteiger charge is -2.32. The number of benzene rings is 1. The molecule has 27 heavy (non-hydrogen) atoms. The molecule has 1 aliphatic heterocycles. The highest BCUT2D eigenvalue weighted by Crippen LogP contribution is 2.35. The van der Waals surface area contributed by atoms with E-state index in [-0.39, 0.29) is 24.2 Å². The summed E-state index contributed by atoms with van der Waals surface area (Å²) in [5.74, 6) is 0.504. The van der Waals surface area contributed by atoms with E-state index in [4.69, 9.17) is 4.74 Å². The van der Waals surface area contributed by atoms with Gasteiger partial charge in [0.15, 0.2) is 0 Å². The van der Waals surface area contributed by atoms with E-state index in [1.165, 1.54) is 18.4 Å². The van der Waals surface area contributed by atoms with Crippen LogP contribution in [0, 0.1) is 5.92 Å². The Bertz CT molecular complexity index is 608. The first-order valence-electron chi connectivity index (χ1n) is 10.2. The number of nitrogens with one attached hydrogen (secondary N) is 2. The van der Waals surface area contributed by atoms with Crippen molar-refractivity contribution in [3.05, 3.63) is 35.9 Å². The van der Waals surface area contributed by atoms with Gasteiger partial charge in [0.25, 0.3) is 0 Å². The van der Waals surface area contributed by atoms with Crippen molar-refractivity contribution in [1.29, 1.82) is 0 Å². The topological polar surface area (TPSA) is 70.7 Å². The summed E-state index contributed by atoms with van der Waals surface area (Å²) in [5, 5.41) is 6.33. The van der Waals surface area contributed by atoms with Crippen molar-refractivity contribution >= 4 is 12.1 Å². The van der Waals surface area contributed by atoms with Gasteiger partial charge in [-0.2, -0.15) is 0 Å². The second-order valence-corrected chi connectivity index (χ2v) is 7.51. The molecule has 0 spiro atoms. The van der Waals surface area contributed by atoms with Crippen LogP contribution in [0.4, 0.5) is 9.59 Å². The molecule has 1 aromatic carbocycles. The number of likely N-dealkylation sites (tertiary alicyclic amines) is 1. The Balaban J connectivity index is 1.52. The summed E-state index contributed by atoms with van der Waals surface area (Å²) in [6.45, 7) is 3.44. The molecular formula is C21H31N3O3. The monoisotopic (exact) mass is 373 g/mol. The normalized spacial score (nSPS) is 19.5. The van der Waals surface area contributed by atoms with Crippen molar-refractivity contribution in [2.75, 3.05) is 19.7 Å². The lowest BCUT2D eigenvalue weighted by Crippen LogP contribution is -2.50. The molecule has 2 N–H and O–H groups in total. The molecule has 148 valence electrons. The molecule has 2 fully saturated rings. The second-order valence-electron chi connectivity index (χ2n) is 7.51. The van der Waals surface area contributed by atoms with Crippen molar-refractivity contribution in [2.45, 2.75) is 57.5 Å². The minimum absolute atomic E-state index is 0.0633. The predicted octanol–water partition coefficient (Wildman–Crippen LogP) is 3.84. The average molecular weight is 373 g/mol. The molecule has 2 aliphatic rings. The van der Waals surface area contributed by atoms with Crippen molar-refractivity contribution in [1.82, 2.24) is 15.5 Å². The molecular weight excluding hydrogens is 342 g/mol. The number of hydrogen-bond donors (Lipinski definition) is 2. The molecule has 1 aliphatic carbocycles. The molecule has 0 bridgehead atoms. The van der Waals surface area contributed by atoms with Crippen molar-refractivity contribution in [3.8, 4) is 0 Å². The van der Waals surface area contributed by atoms with Gasteiger partial charge in [0.05, 0.1) is 12.6 Å². The van der Waals surface area contributed by atoms with Crippen LogP contribution in [0.3, 0.4) is 0 Å². The SMILES string of the molecule is CCOC(=O)N1CCC(NC(=O)NC(c2ccccc2)C2CCCC2)CC1. The maximum absolute atomic E-state index is 12.6. The van der Waals surface area contributed by atoms with Crippen LogP contribution < -0.4 is 10.6 Å². The van der Waals surface area contributed by atoms with E-state index in [2.05, 4.69) is 22.8 Å². The van der Waals surface area contributed by atoms with Gasteiger partial charge in [0, 0.05) is 19.1 Å². The molecule has 1 atom stereocenters. The fourth-order valence-corrected chi connectivity index (χ4v) is 4.21. The van der Waals surface area contributed by atoms with E-state index in [1.54, 1.807) is 4.90 Å². The summed E-state index contributed by atoms with van der Waals surface area (Å²) >= 11 is 0. The molecule has 3 amide bonds. The Morgan fingerprint density at radius 3 is 2.41 bits per heavy atom. The van der Waals surface area contributed by atoms with Crippen LogP contribution in [-0.2, 0) is 4.74 Å². The summed E-state index contributed by atoms with van der Waals surface area (Å²) in [4.78, 5) is 26.1. The summed E-state index contributed by atoms with van der Waals surface area (Å²) in [7, 11) is 0. The second kappa shape index (κ2) is 9.62. The Labute approximate surface area is 161 Å². The Morgan fingerprint density at radius 1 is 1.11 bits per heavy atom. The highest BCUT2D eigenvalue weighted by Gasteiger charge is 2.29. The van der Waals surface area contributed by atoms with Gasteiger partial charge in [0.1, 0.15) is 0 Å². The van der Waals surface area contributed by atoms with Crippen LogP contribution in [0.15, 0.2) is 30.3 Å². The van der Waals surface area contributed by atoms with Gasteiger partial charge in [-0.15, -0.1) is 0 Å². The molecule has 1 aromatic rings. The lowest BCUT2D eigenvalue weighted by molar-refractivity contribution is 0.0956. The van der Waals surface area contributed by atoms with E-state index in [0.717, 1.165) is 25.7 Å². The standard InChI is InChI=1S/C21H31N3O3/c1-2-27-21(26)24-14-12-18(13-15-24)22-20(25)23-19(17-10-6-7-11-17)16-8-4-3-5-9-16/h3-5,8-9,17-19H,2,6-7,10-15H2,1H3,(H2,22,23,25). The number of hydrogen-bond acceptors (Lipinski definition) is 3. The number of ether oxygens (including phenoxy) is 1. The summed E-state index contributed by atoms with van der Waals surface area (Å²) in [6.07, 6.45) is 6.06. The highest BCUT2D eigenvalue weighted by molar-refractivity contribution is 5.75. The minimum Gasteiger partial charge on any atom is -0.450 e. The van der Waals surface area contributed by atoms with Gasteiger partial charge in [-0.05, 0) is 44.1 Å². The smallest absolute Gasteiger partial charge is 0.409 e. The molecule has 6 heteroatoms. The molecule has 1 saturated carbocycles. The first kappa shape index (κ1) is 19.5. The van der Waals surface area contributed by atoms with Gasteiger partial charge < -0.3 is 20.3 Å². The molecule has 3 rings (SSSR count). The molecule has 6 nitrogen and oxygen atoms in total. The van der Waals surface area contributed by atoms with Crippen LogP contribution in [-0.4, -0.2) is 42.8 Å². The predicted molar refractivity (Wildman–Crippen MR) is 104 cm³/mol.